The van der Waals surface area contributed by atoms with Crippen molar-refractivity contribution < 1.29 is 9.13 Å². The fourth-order valence-electron chi connectivity index (χ4n) is 1.63. The Bertz CT molecular complexity index is 629. The van der Waals surface area contributed by atoms with Crippen LogP contribution in [0.15, 0.2) is 36.4 Å². The summed E-state index contributed by atoms with van der Waals surface area (Å²) >= 11 is 0. The van der Waals surface area contributed by atoms with Crippen LogP contribution in [0.4, 0.5) is 4.39 Å². The maximum absolute atomic E-state index is 13.4. The number of aryl methyl sites for hydroxylation is 2. The van der Waals surface area contributed by atoms with Gasteiger partial charge in [0.25, 0.3) is 0 Å². The third-order valence-electron chi connectivity index (χ3n) is 2.65. The largest absolute Gasteiger partial charge is 0.456 e. The molecule has 0 unspecified atom stereocenters. The Hall–Kier alpha value is -2.34. The molecule has 0 N–H and O–H groups in total. The molecule has 0 bridgehead atoms. The fraction of sp³-hybridized carbons (Fsp3) is 0.133. The first-order valence-corrected chi connectivity index (χ1v) is 5.55. The standard InChI is InChI=1S/C15H12FNO/c1-10-6-7-11(2)15(8-10)18-14-5-3-4-13(16)12(14)9-17/h3-8H,1-2H3. The lowest BCUT2D eigenvalue weighted by Gasteiger charge is -2.10. The first-order chi connectivity index (χ1) is 8.61. The molecule has 18 heavy (non-hydrogen) atoms. The summed E-state index contributed by atoms with van der Waals surface area (Å²) < 4.78 is 19.1. The molecular weight excluding hydrogens is 229 g/mol. The molecule has 0 aliphatic carbocycles. The second-order valence-electron chi connectivity index (χ2n) is 4.10. The summed E-state index contributed by atoms with van der Waals surface area (Å²) in [6.45, 7) is 3.85. The van der Waals surface area contributed by atoms with Gasteiger partial charge in [-0.3, -0.25) is 0 Å². The van der Waals surface area contributed by atoms with Gasteiger partial charge in [-0.15, -0.1) is 0 Å². The molecule has 2 rings (SSSR count). The van der Waals surface area contributed by atoms with Gasteiger partial charge in [-0.05, 0) is 43.2 Å². The molecule has 0 saturated carbocycles. The minimum absolute atomic E-state index is 0.0709. The van der Waals surface area contributed by atoms with E-state index in [1.54, 1.807) is 6.07 Å². The number of nitriles is 1. The Morgan fingerprint density at radius 3 is 2.61 bits per heavy atom. The molecular formula is C15H12FNO. The summed E-state index contributed by atoms with van der Waals surface area (Å²) in [5.74, 6) is 0.309. The molecule has 0 spiro atoms. The van der Waals surface area contributed by atoms with Crippen molar-refractivity contribution in [3.8, 4) is 17.6 Å². The van der Waals surface area contributed by atoms with E-state index in [9.17, 15) is 4.39 Å². The zero-order valence-electron chi connectivity index (χ0n) is 10.2. The maximum Gasteiger partial charge on any atom is 0.148 e. The lowest BCUT2D eigenvalue weighted by Crippen LogP contribution is -1.93. The SMILES string of the molecule is Cc1ccc(C)c(Oc2cccc(F)c2C#N)c1. The number of halogens is 1. The predicted octanol–water partition coefficient (Wildman–Crippen LogP) is 4.11. The van der Waals surface area contributed by atoms with E-state index in [1.807, 2.05) is 38.1 Å². The van der Waals surface area contributed by atoms with Crippen LogP contribution in [0.25, 0.3) is 0 Å². The van der Waals surface area contributed by atoms with E-state index >= 15 is 0 Å². The Balaban J connectivity index is 2.44. The van der Waals surface area contributed by atoms with Crippen LogP contribution in [0.3, 0.4) is 0 Å². The Kier molecular flexibility index (Phi) is 3.29. The van der Waals surface area contributed by atoms with Crippen LogP contribution in [0, 0.1) is 31.0 Å². The summed E-state index contributed by atoms with van der Waals surface area (Å²) in [6.07, 6.45) is 0. The van der Waals surface area contributed by atoms with E-state index in [0.29, 0.717) is 5.75 Å². The number of rotatable bonds is 2. The average Bonchev–Trinajstić information content (AvgIpc) is 2.34. The molecule has 3 heteroatoms. The van der Waals surface area contributed by atoms with Crippen LogP contribution in [0.2, 0.25) is 0 Å². The summed E-state index contributed by atoms with van der Waals surface area (Å²) in [4.78, 5) is 0. The lowest BCUT2D eigenvalue weighted by molar-refractivity contribution is 0.470. The smallest absolute Gasteiger partial charge is 0.148 e. The van der Waals surface area contributed by atoms with E-state index in [4.69, 9.17) is 10.00 Å². The molecule has 0 fully saturated rings. The van der Waals surface area contributed by atoms with Crippen molar-refractivity contribution in [3.05, 3.63) is 58.9 Å². The van der Waals surface area contributed by atoms with Crippen LogP contribution in [0.1, 0.15) is 16.7 Å². The highest BCUT2D eigenvalue weighted by atomic mass is 19.1. The average molecular weight is 241 g/mol. The fourth-order valence-corrected chi connectivity index (χ4v) is 1.63. The van der Waals surface area contributed by atoms with Crippen LogP contribution in [-0.4, -0.2) is 0 Å². The van der Waals surface area contributed by atoms with Gasteiger partial charge in [0, 0.05) is 0 Å². The van der Waals surface area contributed by atoms with Gasteiger partial charge >= 0.3 is 0 Å². The molecule has 0 aliphatic rings. The van der Waals surface area contributed by atoms with Crippen LogP contribution in [0.5, 0.6) is 11.5 Å². The van der Waals surface area contributed by atoms with E-state index in [-0.39, 0.29) is 11.3 Å². The number of hydrogen-bond donors (Lipinski definition) is 0. The van der Waals surface area contributed by atoms with Gasteiger partial charge in [0.15, 0.2) is 0 Å². The maximum atomic E-state index is 13.4. The van der Waals surface area contributed by atoms with Crippen molar-refractivity contribution in [2.75, 3.05) is 0 Å². The first-order valence-electron chi connectivity index (χ1n) is 5.55. The van der Waals surface area contributed by atoms with Gasteiger partial charge in [0.1, 0.15) is 28.9 Å². The van der Waals surface area contributed by atoms with Crippen molar-refractivity contribution >= 4 is 0 Å². The lowest BCUT2D eigenvalue weighted by atomic mass is 10.1. The zero-order chi connectivity index (χ0) is 13.1. The van der Waals surface area contributed by atoms with E-state index in [2.05, 4.69) is 0 Å². The highest BCUT2D eigenvalue weighted by Crippen LogP contribution is 2.29. The molecule has 0 aliphatic heterocycles. The highest BCUT2D eigenvalue weighted by molar-refractivity contribution is 5.47. The zero-order valence-corrected chi connectivity index (χ0v) is 10.2. The molecule has 2 aromatic carbocycles. The number of hydrogen-bond acceptors (Lipinski definition) is 2. The number of nitrogens with zero attached hydrogens (tertiary/aromatic N) is 1. The molecule has 0 radical (unpaired) electrons. The third-order valence-corrected chi connectivity index (χ3v) is 2.65. The Morgan fingerprint density at radius 2 is 1.89 bits per heavy atom. The van der Waals surface area contributed by atoms with Gasteiger partial charge in [-0.2, -0.15) is 5.26 Å². The van der Waals surface area contributed by atoms with E-state index < -0.39 is 5.82 Å². The van der Waals surface area contributed by atoms with Gasteiger partial charge in [-0.25, -0.2) is 4.39 Å². The second-order valence-corrected chi connectivity index (χ2v) is 4.10. The van der Waals surface area contributed by atoms with Crippen molar-refractivity contribution in [2.24, 2.45) is 0 Å². The molecule has 0 amide bonds. The minimum Gasteiger partial charge on any atom is -0.456 e. The molecule has 0 aromatic heterocycles. The first kappa shape index (κ1) is 12.1. The Labute approximate surface area is 105 Å². The molecule has 2 nitrogen and oxygen atoms in total. The molecule has 0 atom stereocenters. The van der Waals surface area contributed by atoms with Gasteiger partial charge < -0.3 is 4.74 Å². The van der Waals surface area contributed by atoms with E-state index in [0.717, 1.165) is 11.1 Å². The minimum atomic E-state index is -0.569. The molecule has 0 saturated heterocycles. The van der Waals surface area contributed by atoms with Crippen LogP contribution in [-0.2, 0) is 0 Å². The normalized spacial score (nSPS) is 9.89. The van der Waals surface area contributed by atoms with Gasteiger partial charge in [0.05, 0.1) is 0 Å². The number of ether oxygens (including phenoxy) is 1. The quantitative estimate of drug-likeness (QED) is 0.792. The molecule has 90 valence electrons. The summed E-state index contributed by atoms with van der Waals surface area (Å²) in [7, 11) is 0. The summed E-state index contributed by atoms with van der Waals surface area (Å²) in [6, 6.07) is 11.9. The van der Waals surface area contributed by atoms with Crippen molar-refractivity contribution in [1.29, 1.82) is 5.26 Å². The summed E-state index contributed by atoms with van der Waals surface area (Å²) in [5, 5.41) is 8.93. The molecule has 0 heterocycles. The molecule has 2 aromatic rings. The van der Waals surface area contributed by atoms with Crippen LogP contribution < -0.4 is 4.74 Å². The topological polar surface area (TPSA) is 33.0 Å². The Morgan fingerprint density at radius 1 is 1.11 bits per heavy atom. The van der Waals surface area contributed by atoms with E-state index in [1.165, 1.54) is 12.1 Å². The van der Waals surface area contributed by atoms with Crippen molar-refractivity contribution in [1.82, 2.24) is 0 Å². The van der Waals surface area contributed by atoms with Gasteiger partial charge in [-0.1, -0.05) is 18.2 Å². The van der Waals surface area contributed by atoms with Crippen molar-refractivity contribution in [2.45, 2.75) is 13.8 Å². The van der Waals surface area contributed by atoms with Crippen molar-refractivity contribution in [3.63, 3.8) is 0 Å². The predicted molar refractivity (Wildman–Crippen MR) is 67.1 cm³/mol. The highest BCUT2D eigenvalue weighted by Gasteiger charge is 2.10. The van der Waals surface area contributed by atoms with Crippen LogP contribution >= 0.6 is 0 Å². The monoisotopic (exact) mass is 241 g/mol. The summed E-state index contributed by atoms with van der Waals surface area (Å²) in [5.41, 5.74) is 1.91. The second kappa shape index (κ2) is 4.89. The third kappa shape index (κ3) is 2.33. The number of benzene rings is 2. The van der Waals surface area contributed by atoms with Gasteiger partial charge in [0.2, 0.25) is 0 Å².